The predicted molar refractivity (Wildman–Crippen MR) is 103 cm³/mol. The fourth-order valence-corrected chi connectivity index (χ4v) is 3.88. The number of nitrogens with two attached hydrogens (primary N) is 1. The van der Waals surface area contributed by atoms with Gasteiger partial charge in [-0.15, -0.1) is 0 Å². The molecule has 3 N–H and O–H groups in total. The summed E-state index contributed by atoms with van der Waals surface area (Å²) in [6, 6.07) is 5.62. The minimum absolute atomic E-state index is 0.199. The van der Waals surface area contributed by atoms with Crippen LogP contribution < -0.4 is 11.1 Å². The van der Waals surface area contributed by atoms with E-state index in [2.05, 4.69) is 10.3 Å². The van der Waals surface area contributed by atoms with E-state index in [-0.39, 0.29) is 11.8 Å². The molecule has 2 aromatic rings. The third-order valence-electron chi connectivity index (χ3n) is 5.06. The second-order valence-corrected chi connectivity index (χ2v) is 7.27. The molecule has 3 rings (SSSR count). The first kappa shape index (κ1) is 18.8. The SMILES string of the molecule is Cc1nccc(Cl)c1-c1ccc(NC(=O)[C@@H](N)C2CCCCC2)cc1F. The molecular weight excluding hydrogens is 353 g/mol. The number of anilines is 1. The van der Waals surface area contributed by atoms with E-state index in [0.29, 0.717) is 27.5 Å². The van der Waals surface area contributed by atoms with E-state index in [4.69, 9.17) is 17.3 Å². The summed E-state index contributed by atoms with van der Waals surface area (Å²) in [5, 5.41) is 3.17. The van der Waals surface area contributed by atoms with Crippen molar-refractivity contribution in [1.29, 1.82) is 0 Å². The van der Waals surface area contributed by atoms with Gasteiger partial charge < -0.3 is 11.1 Å². The smallest absolute Gasteiger partial charge is 0.241 e. The fourth-order valence-electron chi connectivity index (χ4n) is 3.59. The van der Waals surface area contributed by atoms with E-state index in [1.807, 2.05) is 0 Å². The first-order valence-corrected chi connectivity index (χ1v) is 9.32. The molecule has 1 fully saturated rings. The van der Waals surface area contributed by atoms with Crippen molar-refractivity contribution >= 4 is 23.2 Å². The number of benzene rings is 1. The fraction of sp³-hybridized carbons (Fsp3) is 0.400. The minimum Gasteiger partial charge on any atom is -0.325 e. The highest BCUT2D eigenvalue weighted by Gasteiger charge is 2.26. The van der Waals surface area contributed by atoms with Crippen molar-refractivity contribution in [2.75, 3.05) is 5.32 Å². The van der Waals surface area contributed by atoms with Crippen LogP contribution in [-0.4, -0.2) is 16.9 Å². The molecule has 1 aliphatic carbocycles. The molecule has 1 aromatic heterocycles. The predicted octanol–water partition coefficient (Wildman–Crippen LogP) is 4.70. The molecule has 1 atom stereocenters. The van der Waals surface area contributed by atoms with E-state index in [1.54, 1.807) is 31.3 Å². The number of amides is 1. The number of hydrogen-bond acceptors (Lipinski definition) is 3. The maximum Gasteiger partial charge on any atom is 0.241 e. The van der Waals surface area contributed by atoms with Crippen molar-refractivity contribution in [1.82, 2.24) is 4.98 Å². The number of hydrogen-bond donors (Lipinski definition) is 2. The number of nitrogens with one attached hydrogen (secondary N) is 1. The van der Waals surface area contributed by atoms with Crippen LogP contribution in [0, 0.1) is 18.7 Å². The standard InChI is InChI=1S/C20H23ClFN3O/c1-12-18(16(21)9-10-24-12)15-8-7-14(11-17(15)22)25-20(26)19(23)13-5-3-2-4-6-13/h7-11,13,19H,2-6,23H2,1H3,(H,25,26)/t19-/m0/s1. The quantitative estimate of drug-likeness (QED) is 0.814. The van der Waals surface area contributed by atoms with Gasteiger partial charge in [-0.25, -0.2) is 4.39 Å². The molecule has 1 aliphatic rings. The van der Waals surface area contributed by atoms with Crippen LogP contribution in [0.2, 0.25) is 5.02 Å². The zero-order valence-corrected chi connectivity index (χ0v) is 15.5. The lowest BCUT2D eigenvalue weighted by Gasteiger charge is -2.26. The van der Waals surface area contributed by atoms with E-state index < -0.39 is 11.9 Å². The third-order valence-corrected chi connectivity index (χ3v) is 5.37. The third kappa shape index (κ3) is 4.05. The van der Waals surface area contributed by atoms with Gasteiger partial charge in [0.05, 0.1) is 11.1 Å². The van der Waals surface area contributed by atoms with Crippen LogP contribution in [0.1, 0.15) is 37.8 Å². The van der Waals surface area contributed by atoms with Crippen molar-refractivity contribution in [2.24, 2.45) is 11.7 Å². The highest BCUT2D eigenvalue weighted by molar-refractivity contribution is 6.33. The summed E-state index contributed by atoms with van der Waals surface area (Å²) in [6.07, 6.45) is 6.95. The molecule has 1 saturated carbocycles. The van der Waals surface area contributed by atoms with Crippen LogP contribution in [0.15, 0.2) is 30.5 Å². The number of carbonyl (C=O) groups is 1. The molecule has 1 amide bonds. The Hall–Kier alpha value is -1.98. The van der Waals surface area contributed by atoms with Gasteiger partial charge in [-0.2, -0.15) is 0 Å². The number of halogens is 2. The Bertz CT molecular complexity index is 785. The number of carbonyl (C=O) groups excluding carboxylic acids is 1. The summed E-state index contributed by atoms with van der Waals surface area (Å²) in [7, 11) is 0. The molecule has 0 aliphatic heterocycles. The van der Waals surface area contributed by atoms with E-state index in [0.717, 1.165) is 25.7 Å². The Labute approximate surface area is 158 Å². The van der Waals surface area contributed by atoms with Crippen LogP contribution in [-0.2, 0) is 4.79 Å². The molecular formula is C20H23ClFN3O. The molecule has 138 valence electrons. The number of rotatable bonds is 4. The van der Waals surface area contributed by atoms with Gasteiger partial charge >= 0.3 is 0 Å². The summed E-state index contributed by atoms with van der Waals surface area (Å²) < 4.78 is 14.6. The largest absolute Gasteiger partial charge is 0.325 e. The zero-order chi connectivity index (χ0) is 18.7. The topological polar surface area (TPSA) is 68.0 Å². The average Bonchev–Trinajstić information content (AvgIpc) is 2.63. The van der Waals surface area contributed by atoms with E-state index in [9.17, 15) is 9.18 Å². The maximum atomic E-state index is 14.6. The van der Waals surface area contributed by atoms with Crippen molar-refractivity contribution < 1.29 is 9.18 Å². The summed E-state index contributed by atoms with van der Waals surface area (Å²) in [5.74, 6) is -0.531. The summed E-state index contributed by atoms with van der Waals surface area (Å²) in [6.45, 7) is 1.78. The summed E-state index contributed by atoms with van der Waals surface area (Å²) in [5.41, 5.74) is 8.06. The highest BCUT2D eigenvalue weighted by Crippen LogP contribution is 2.33. The number of pyridine rings is 1. The number of aryl methyl sites for hydroxylation is 1. The van der Waals surface area contributed by atoms with Crippen LogP contribution in [0.4, 0.5) is 10.1 Å². The Morgan fingerprint density at radius 2 is 2.04 bits per heavy atom. The lowest BCUT2D eigenvalue weighted by molar-refractivity contribution is -0.118. The Morgan fingerprint density at radius 3 is 2.69 bits per heavy atom. The van der Waals surface area contributed by atoms with Gasteiger partial charge in [0.15, 0.2) is 0 Å². The summed E-state index contributed by atoms with van der Waals surface area (Å²) in [4.78, 5) is 16.6. The molecule has 0 unspecified atom stereocenters. The zero-order valence-electron chi connectivity index (χ0n) is 14.8. The number of nitrogens with zero attached hydrogens (tertiary/aromatic N) is 1. The second kappa shape index (κ2) is 8.14. The first-order chi connectivity index (χ1) is 12.5. The lowest BCUT2D eigenvalue weighted by Crippen LogP contribution is -2.42. The molecule has 1 aromatic carbocycles. The molecule has 0 spiro atoms. The van der Waals surface area contributed by atoms with Crippen LogP contribution >= 0.6 is 11.6 Å². The van der Waals surface area contributed by atoms with E-state index in [1.165, 1.54) is 12.5 Å². The van der Waals surface area contributed by atoms with Gasteiger partial charge in [-0.1, -0.05) is 30.9 Å². The Kier molecular flexibility index (Phi) is 5.89. The molecule has 0 bridgehead atoms. The highest BCUT2D eigenvalue weighted by atomic mass is 35.5. The van der Waals surface area contributed by atoms with Crippen molar-refractivity contribution in [2.45, 2.75) is 45.1 Å². The molecule has 26 heavy (non-hydrogen) atoms. The van der Waals surface area contributed by atoms with E-state index >= 15 is 0 Å². The van der Waals surface area contributed by atoms with Crippen LogP contribution in [0.5, 0.6) is 0 Å². The first-order valence-electron chi connectivity index (χ1n) is 8.95. The molecule has 1 heterocycles. The second-order valence-electron chi connectivity index (χ2n) is 6.86. The lowest BCUT2D eigenvalue weighted by atomic mass is 9.84. The molecule has 4 nitrogen and oxygen atoms in total. The van der Waals surface area contributed by atoms with Gasteiger partial charge in [0.2, 0.25) is 5.91 Å². The summed E-state index contributed by atoms with van der Waals surface area (Å²) >= 11 is 6.19. The normalized spacial score (nSPS) is 16.3. The maximum absolute atomic E-state index is 14.6. The monoisotopic (exact) mass is 375 g/mol. The van der Waals surface area contributed by atoms with Crippen LogP contribution in [0.3, 0.4) is 0 Å². The average molecular weight is 376 g/mol. The Balaban J connectivity index is 1.76. The van der Waals surface area contributed by atoms with Crippen molar-refractivity contribution in [3.8, 4) is 11.1 Å². The minimum atomic E-state index is -0.562. The number of aromatic nitrogens is 1. The van der Waals surface area contributed by atoms with Crippen molar-refractivity contribution in [3.63, 3.8) is 0 Å². The molecule has 0 saturated heterocycles. The van der Waals surface area contributed by atoms with Gasteiger partial charge in [-0.05, 0) is 49.9 Å². The van der Waals surface area contributed by atoms with Crippen molar-refractivity contribution in [3.05, 3.63) is 47.0 Å². The molecule has 0 radical (unpaired) electrons. The Morgan fingerprint density at radius 1 is 1.31 bits per heavy atom. The van der Waals surface area contributed by atoms with Gasteiger partial charge in [0, 0.05) is 28.7 Å². The molecule has 6 heteroatoms. The van der Waals surface area contributed by atoms with Gasteiger partial charge in [0.25, 0.3) is 0 Å². The van der Waals surface area contributed by atoms with Gasteiger partial charge in [0.1, 0.15) is 5.82 Å². The van der Waals surface area contributed by atoms with Crippen LogP contribution in [0.25, 0.3) is 11.1 Å². The van der Waals surface area contributed by atoms with Gasteiger partial charge in [-0.3, -0.25) is 9.78 Å².